The van der Waals surface area contributed by atoms with Gasteiger partial charge in [0.1, 0.15) is 5.82 Å². The van der Waals surface area contributed by atoms with E-state index in [9.17, 15) is 0 Å². The summed E-state index contributed by atoms with van der Waals surface area (Å²) in [5.41, 5.74) is 8.13. The lowest BCUT2D eigenvalue weighted by atomic mass is 9.96. The molecule has 1 aliphatic carbocycles. The summed E-state index contributed by atoms with van der Waals surface area (Å²) in [4.78, 5) is 4.12. The van der Waals surface area contributed by atoms with Gasteiger partial charge in [0.15, 0.2) is 0 Å². The van der Waals surface area contributed by atoms with Crippen molar-refractivity contribution < 1.29 is 0 Å². The highest BCUT2D eigenvalue weighted by molar-refractivity contribution is 5.38. The van der Waals surface area contributed by atoms with Crippen molar-refractivity contribution in [3.8, 4) is 0 Å². The second-order valence-corrected chi connectivity index (χ2v) is 5.63. The largest absolute Gasteiger partial charge is 0.383 e. The van der Waals surface area contributed by atoms with Crippen LogP contribution < -0.4 is 5.73 Å². The molecule has 0 atom stereocenters. The van der Waals surface area contributed by atoms with E-state index in [1.165, 1.54) is 32.1 Å². The topological polar surface area (TPSA) is 56.7 Å². The number of rotatable bonds is 4. The normalized spacial score (nSPS) is 16.4. The summed E-state index contributed by atoms with van der Waals surface area (Å²) < 4.78 is 2.17. The van der Waals surface area contributed by atoms with Gasteiger partial charge in [-0.3, -0.25) is 4.68 Å². The summed E-state index contributed by atoms with van der Waals surface area (Å²) >= 11 is 0. The zero-order chi connectivity index (χ0) is 13.8. The van der Waals surface area contributed by atoms with Crippen molar-refractivity contribution in [1.82, 2.24) is 14.8 Å². The molecule has 1 aliphatic rings. The Hall–Kier alpha value is -1.84. The Bertz CT molecular complexity index is 555. The van der Waals surface area contributed by atoms with Crippen LogP contribution in [0.1, 0.15) is 49.4 Å². The van der Waals surface area contributed by atoms with E-state index >= 15 is 0 Å². The molecule has 0 radical (unpaired) electrons. The van der Waals surface area contributed by atoms with Crippen LogP contribution in [0.4, 0.5) is 5.82 Å². The van der Waals surface area contributed by atoms with Crippen molar-refractivity contribution in [3.63, 3.8) is 0 Å². The van der Waals surface area contributed by atoms with Gasteiger partial charge in [0, 0.05) is 12.4 Å². The molecule has 1 fully saturated rings. The molecule has 4 nitrogen and oxygen atoms in total. The molecule has 2 N–H and O–H groups in total. The summed E-state index contributed by atoms with van der Waals surface area (Å²) in [6.45, 7) is 0. The number of nitrogen functional groups attached to an aromatic ring is 1. The molecule has 0 aromatic carbocycles. The summed E-state index contributed by atoms with van der Waals surface area (Å²) in [6, 6.07) is 6.73. The van der Waals surface area contributed by atoms with E-state index in [4.69, 9.17) is 10.8 Å². The number of hydrogen-bond donors (Lipinski definition) is 1. The SMILES string of the molecule is Nc1ncccc1CCc1ccn(C2CCCCC2)n1. The first-order chi connectivity index (χ1) is 9.83. The molecule has 0 unspecified atom stereocenters. The fourth-order valence-corrected chi connectivity index (χ4v) is 2.98. The van der Waals surface area contributed by atoms with E-state index in [1.807, 2.05) is 12.1 Å². The van der Waals surface area contributed by atoms with Gasteiger partial charge in [-0.2, -0.15) is 5.10 Å². The van der Waals surface area contributed by atoms with Crippen molar-refractivity contribution in [3.05, 3.63) is 41.9 Å². The van der Waals surface area contributed by atoms with Crippen molar-refractivity contribution in [1.29, 1.82) is 0 Å². The Morgan fingerprint density at radius 3 is 2.80 bits per heavy atom. The van der Waals surface area contributed by atoms with E-state index in [0.717, 1.165) is 24.1 Å². The molecule has 0 spiro atoms. The zero-order valence-electron chi connectivity index (χ0n) is 11.8. The first-order valence-electron chi connectivity index (χ1n) is 7.56. The smallest absolute Gasteiger partial charge is 0.126 e. The fourth-order valence-electron chi connectivity index (χ4n) is 2.98. The predicted molar refractivity (Wildman–Crippen MR) is 80.4 cm³/mol. The third-order valence-corrected chi connectivity index (χ3v) is 4.19. The number of anilines is 1. The lowest BCUT2D eigenvalue weighted by Crippen LogP contribution is -2.13. The van der Waals surface area contributed by atoms with Gasteiger partial charge in [0.2, 0.25) is 0 Å². The molecule has 0 bridgehead atoms. The Morgan fingerprint density at radius 2 is 2.00 bits per heavy atom. The Kier molecular flexibility index (Phi) is 4.00. The first kappa shape index (κ1) is 13.2. The number of nitrogens with two attached hydrogens (primary N) is 1. The maximum absolute atomic E-state index is 5.87. The average molecular weight is 270 g/mol. The summed E-state index contributed by atoms with van der Waals surface area (Å²) in [5.74, 6) is 0.638. The number of hydrogen-bond acceptors (Lipinski definition) is 3. The quantitative estimate of drug-likeness (QED) is 0.928. The molecule has 2 aromatic rings. The first-order valence-corrected chi connectivity index (χ1v) is 7.56. The number of nitrogens with zero attached hydrogens (tertiary/aromatic N) is 3. The molecule has 2 aromatic heterocycles. The molecule has 3 rings (SSSR count). The van der Waals surface area contributed by atoms with E-state index in [2.05, 4.69) is 21.9 Å². The van der Waals surface area contributed by atoms with Gasteiger partial charge < -0.3 is 5.73 Å². The van der Waals surface area contributed by atoms with Crippen LogP contribution in [-0.2, 0) is 12.8 Å². The van der Waals surface area contributed by atoms with Crippen LogP contribution in [0.3, 0.4) is 0 Å². The van der Waals surface area contributed by atoms with E-state index < -0.39 is 0 Å². The summed E-state index contributed by atoms with van der Waals surface area (Å²) in [6.07, 6.45) is 12.3. The van der Waals surface area contributed by atoms with Crippen LogP contribution in [0.25, 0.3) is 0 Å². The minimum absolute atomic E-state index is 0.612. The molecule has 2 heterocycles. The van der Waals surface area contributed by atoms with Gasteiger partial charge >= 0.3 is 0 Å². The van der Waals surface area contributed by atoms with Crippen molar-refractivity contribution in [2.24, 2.45) is 0 Å². The molecule has 0 amide bonds. The van der Waals surface area contributed by atoms with Crippen LogP contribution in [0.15, 0.2) is 30.6 Å². The number of aromatic nitrogens is 3. The Labute approximate surface area is 120 Å². The third-order valence-electron chi connectivity index (χ3n) is 4.19. The second-order valence-electron chi connectivity index (χ2n) is 5.63. The molecule has 4 heteroatoms. The van der Waals surface area contributed by atoms with Crippen molar-refractivity contribution in [2.45, 2.75) is 51.0 Å². The van der Waals surface area contributed by atoms with Crippen molar-refractivity contribution in [2.75, 3.05) is 5.73 Å². The van der Waals surface area contributed by atoms with Crippen LogP contribution in [-0.4, -0.2) is 14.8 Å². The monoisotopic (exact) mass is 270 g/mol. The third kappa shape index (κ3) is 3.00. The molecular weight excluding hydrogens is 248 g/mol. The second kappa shape index (κ2) is 6.07. The number of pyridine rings is 1. The van der Waals surface area contributed by atoms with Gasteiger partial charge in [-0.25, -0.2) is 4.98 Å². The highest BCUT2D eigenvalue weighted by atomic mass is 15.3. The van der Waals surface area contributed by atoms with Gasteiger partial charge in [0.25, 0.3) is 0 Å². The van der Waals surface area contributed by atoms with Crippen molar-refractivity contribution >= 4 is 5.82 Å². The minimum atomic E-state index is 0.612. The summed E-state index contributed by atoms with van der Waals surface area (Å²) in [7, 11) is 0. The molecule has 0 aliphatic heterocycles. The lowest BCUT2D eigenvalue weighted by molar-refractivity contribution is 0.328. The van der Waals surface area contributed by atoms with Gasteiger partial charge in [-0.05, 0) is 43.4 Å². The number of aryl methyl sites for hydroxylation is 2. The van der Waals surface area contributed by atoms with Gasteiger partial charge in [0.05, 0.1) is 11.7 Å². The minimum Gasteiger partial charge on any atom is -0.383 e. The van der Waals surface area contributed by atoms with Crippen LogP contribution >= 0.6 is 0 Å². The van der Waals surface area contributed by atoms with Crippen LogP contribution in [0.2, 0.25) is 0 Å². The fraction of sp³-hybridized carbons (Fsp3) is 0.500. The maximum Gasteiger partial charge on any atom is 0.126 e. The molecular formula is C16H22N4. The highest BCUT2D eigenvalue weighted by Crippen LogP contribution is 2.27. The van der Waals surface area contributed by atoms with E-state index in [1.54, 1.807) is 6.20 Å². The maximum atomic E-state index is 5.87. The standard InChI is InChI=1S/C16H22N4/c17-16-13(5-4-11-18-16)8-9-14-10-12-20(19-14)15-6-2-1-3-7-15/h4-5,10-12,15H,1-3,6-9H2,(H2,17,18). The van der Waals surface area contributed by atoms with E-state index in [0.29, 0.717) is 11.9 Å². The molecule has 0 saturated heterocycles. The van der Waals surface area contributed by atoms with Crippen LogP contribution in [0.5, 0.6) is 0 Å². The lowest BCUT2D eigenvalue weighted by Gasteiger charge is -2.21. The predicted octanol–water partition coefficient (Wildman–Crippen LogP) is 3.15. The Balaban J connectivity index is 1.61. The average Bonchev–Trinajstić information content (AvgIpc) is 2.96. The molecule has 20 heavy (non-hydrogen) atoms. The molecule has 106 valence electrons. The zero-order valence-corrected chi connectivity index (χ0v) is 11.8. The van der Waals surface area contributed by atoms with Gasteiger partial charge in [-0.15, -0.1) is 0 Å². The summed E-state index contributed by atoms with van der Waals surface area (Å²) in [5, 5.41) is 4.73. The molecule has 1 saturated carbocycles. The highest BCUT2D eigenvalue weighted by Gasteiger charge is 2.15. The Morgan fingerprint density at radius 1 is 1.15 bits per heavy atom. The van der Waals surface area contributed by atoms with Gasteiger partial charge in [-0.1, -0.05) is 25.3 Å². The van der Waals surface area contributed by atoms with Crippen LogP contribution in [0, 0.1) is 0 Å². The van der Waals surface area contributed by atoms with E-state index in [-0.39, 0.29) is 0 Å².